The van der Waals surface area contributed by atoms with Gasteiger partial charge >= 0.3 is 12.1 Å². The zero-order chi connectivity index (χ0) is 21.0. The first-order valence-corrected chi connectivity index (χ1v) is 10.8. The van der Waals surface area contributed by atoms with Crippen molar-refractivity contribution >= 4 is 35.0 Å². The number of hydrogen-bond donors (Lipinski definition) is 0. The molecule has 1 aliphatic rings. The molecule has 0 unspecified atom stereocenters. The predicted octanol–water partition coefficient (Wildman–Crippen LogP) is 4.51. The number of thiophene rings is 1. The molecule has 2 heterocycles. The number of carbonyl (C=O) groups excluding carboxylic acids is 2. The first kappa shape index (κ1) is 21.6. The molecule has 1 aliphatic heterocycles. The van der Waals surface area contributed by atoms with Crippen LogP contribution in [0.1, 0.15) is 35.9 Å². The first-order chi connectivity index (χ1) is 14.0. The monoisotopic (exact) mass is 436 g/mol. The van der Waals surface area contributed by atoms with Crippen molar-refractivity contribution in [3.8, 4) is 5.06 Å². The van der Waals surface area contributed by atoms with Crippen molar-refractivity contribution in [2.75, 3.05) is 26.7 Å². The molecular formula is C21H25ClN2O4S. The molecule has 1 aromatic carbocycles. The summed E-state index contributed by atoms with van der Waals surface area (Å²) in [6, 6.07) is 8.64. The van der Waals surface area contributed by atoms with Gasteiger partial charge in [0.1, 0.15) is 6.04 Å². The van der Waals surface area contributed by atoms with Crippen molar-refractivity contribution < 1.29 is 19.1 Å². The maximum absolute atomic E-state index is 12.6. The van der Waals surface area contributed by atoms with Gasteiger partial charge in [0.2, 0.25) is 0 Å². The summed E-state index contributed by atoms with van der Waals surface area (Å²) in [6.07, 6.45) is 0.426. The van der Waals surface area contributed by atoms with Crippen molar-refractivity contribution in [3.05, 3.63) is 51.4 Å². The smallest absolute Gasteiger partial charge is 0.416 e. The van der Waals surface area contributed by atoms with E-state index in [9.17, 15) is 9.59 Å². The van der Waals surface area contributed by atoms with E-state index in [4.69, 9.17) is 21.1 Å². The lowest BCUT2D eigenvalue weighted by atomic mass is 10.0. The van der Waals surface area contributed by atoms with Gasteiger partial charge in [0.25, 0.3) is 0 Å². The van der Waals surface area contributed by atoms with E-state index in [-0.39, 0.29) is 12.1 Å². The van der Waals surface area contributed by atoms with E-state index in [0.29, 0.717) is 36.3 Å². The Hall–Kier alpha value is -2.09. The lowest BCUT2D eigenvalue weighted by Crippen LogP contribution is -2.38. The lowest BCUT2D eigenvalue weighted by molar-refractivity contribution is -0.147. The summed E-state index contributed by atoms with van der Waals surface area (Å²) >= 11 is 7.85. The Morgan fingerprint density at radius 3 is 2.66 bits per heavy atom. The lowest BCUT2D eigenvalue weighted by Gasteiger charge is -2.33. The van der Waals surface area contributed by atoms with E-state index in [1.807, 2.05) is 38.1 Å². The molecule has 8 heteroatoms. The summed E-state index contributed by atoms with van der Waals surface area (Å²) in [7, 11) is 1.39. The van der Waals surface area contributed by atoms with Crippen LogP contribution in [0.15, 0.2) is 30.3 Å². The molecule has 0 saturated carbocycles. The quantitative estimate of drug-likeness (QED) is 0.623. The van der Waals surface area contributed by atoms with Crippen LogP contribution in [0.4, 0.5) is 4.79 Å². The fourth-order valence-electron chi connectivity index (χ4n) is 3.51. The third kappa shape index (κ3) is 4.74. The average molecular weight is 437 g/mol. The second-order valence-electron chi connectivity index (χ2n) is 6.72. The fraction of sp³-hybridized carbons (Fsp3) is 0.429. The number of rotatable bonds is 6. The van der Waals surface area contributed by atoms with E-state index in [2.05, 4.69) is 4.90 Å². The van der Waals surface area contributed by atoms with Crippen LogP contribution in [-0.4, -0.2) is 48.6 Å². The van der Waals surface area contributed by atoms with E-state index < -0.39 is 6.04 Å². The van der Waals surface area contributed by atoms with Gasteiger partial charge in [0, 0.05) is 36.1 Å². The van der Waals surface area contributed by atoms with Crippen LogP contribution in [0.2, 0.25) is 5.02 Å². The molecular weight excluding hydrogens is 412 g/mol. The summed E-state index contributed by atoms with van der Waals surface area (Å²) in [5.41, 5.74) is 1.79. The summed E-state index contributed by atoms with van der Waals surface area (Å²) in [5.74, 6) is -0.343. The molecule has 156 valence electrons. The van der Waals surface area contributed by atoms with E-state index in [1.54, 1.807) is 11.0 Å². The summed E-state index contributed by atoms with van der Waals surface area (Å²) in [4.78, 5) is 29.7. The van der Waals surface area contributed by atoms with Crippen molar-refractivity contribution in [2.24, 2.45) is 0 Å². The molecule has 1 aromatic heterocycles. The molecule has 6 nitrogen and oxygen atoms in total. The number of fused-ring (bicyclic) bond motifs is 1. The molecule has 3 rings (SSSR count). The predicted molar refractivity (Wildman–Crippen MR) is 114 cm³/mol. The summed E-state index contributed by atoms with van der Waals surface area (Å²) < 4.78 is 10.6. The highest BCUT2D eigenvalue weighted by Gasteiger charge is 2.33. The van der Waals surface area contributed by atoms with E-state index in [0.717, 1.165) is 17.5 Å². The number of carbonyl (C=O) groups is 2. The Morgan fingerprint density at radius 2 is 2.00 bits per heavy atom. The summed E-state index contributed by atoms with van der Waals surface area (Å²) in [5, 5.41) is 1.12. The van der Waals surface area contributed by atoms with Crippen LogP contribution in [-0.2, 0) is 22.5 Å². The maximum Gasteiger partial charge on any atom is 0.416 e. The highest BCUT2D eigenvalue weighted by Crippen LogP contribution is 2.37. The molecule has 0 spiro atoms. The van der Waals surface area contributed by atoms with Crippen LogP contribution in [0.25, 0.3) is 0 Å². The number of benzene rings is 1. The normalized spacial score (nSPS) is 14.8. The number of ether oxygens (including phenoxy) is 2. The third-order valence-electron chi connectivity index (χ3n) is 5.07. The van der Waals surface area contributed by atoms with Gasteiger partial charge in [-0.05, 0) is 43.5 Å². The molecule has 0 radical (unpaired) electrons. The highest BCUT2D eigenvalue weighted by atomic mass is 35.5. The van der Waals surface area contributed by atoms with Crippen LogP contribution < -0.4 is 4.74 Å². The topological polar surface area (TPSA) is 59.1 Å². The molecule has 0 fully saturated rings. The van der Waals surface area contributed by atoms with E-state index >= 15 is 0 Å². The minimum Gasteiger partial charge on any atom is -0.468 e. The van der Waals surface area contributed by atoms with Crippen molar-refractivity contribution in [3.63, 3.8) is 0 Å². The third-order valence-corrected chi connectivity index (χ3v) is 6.53. The molecule has 2 aromatic rings. The Balaban J connectivity index is 1.80. The standard InChI is InChI=1S/C21H25ClN2O4S/c1-4-23(5-2)21(26)28-18-12-14-13-24(11-10-17(14)29-18)19(20(25)27-3)15-8-6-7-9-16(15)22/h6-9,12,19H,4-5,10-11,13H2,1-3H3/t19-/m0/s1. The largest absolute Gasteiger partial charge is 0.468 e. The molecule has 0 N–H and O–H groups in total. The maximum atomic E-state index is 12.6. The number of amides is 1. The van der Waals surface area contributed by atoms with Crippen LogP contribution in [0.3, 0.4) is 0 Å². The zero-order valence-corrected chi connectivity index (χ0v) is 18.4. The minimum atomic E-state index is -0.580. The van der Waals surface area contributed by atoms with Gasteiger partial charge in [-0.25, -0.2) is 9.59 Å². The Labute approximate surface area is 180 Å². The number of halogens is 1. The van der Waals surface area contributed by atoms with Crippen LogP contribution in [0, 0.1) is 0 Å². The molecule has 1 atom stereocenters. The average Bonchev–Trinajstić information content (AvgIpc) is 3.11. The van der Waals surface area contributed by atoms with Gasteiger partial charge < -0.3 is 14.4 Å². The molecule has 0 aliphatic carbocycles. The minimum absolute atomic E-state index is 0.339. The van der Waals surface area contributed by atoms with Crippen molar-refractivity contribution in [1.29, 1.82) is 0 Å². The number of esters is 1. The Morgan fingerprint density at radius 1 is 1.28 bits per heavy atom. The van der Waals surface area contributed by atoms with Crippen molar-refractivity contribution in [2.45, 2.75) is 32.9 Å². The van der Waals surface area contributed by atoms with Crippen molar-refractivity contribution in [1.82, 2.24) is 9.80 Å². The fourth-order valence-corrected chi connectivity index (χ4v) is 4.76. The summed E-state index contributed by atoms with van der Waals surface area (Å²) in [6.45, 7) is 6.29. The van der Waals surface area contributed by atoms with Gasteiger partial charge in [-0.1, -0.05) is 29.8 Å². The first-order valence-electron chi connectivity index (χ1n) is 9.63. The molecule has 1 amide bonds. The van der Waals surface area contributed by atoms with E-state index in [1.165, 1.54) is 23.3 Å². The molecule has 0 saturated heterocycles. The second-order valence-corrected chi connectivity index (χ2v) is 8.23. The highest BCUT2D eigenvalue weighted by molar-refractivity contribution is 7.14. The number of methoxy groups -OCH3 is 1. The second kappa shape index (κ2) is 9.61. The van der Waals surface area contributed by atoms with Gasteiger partial charge in [0.05, 0.1) is 7.11 Å². The molecule has 29 heavy (non-hydrogen) atoms. The van der Waals surface area contributed by atoms with Gasteiger partial charge in [-0.3, -0.25) is 4.90 Å². The van der Waals surface area contributed by atoms with Crippen LogP contribution in [0.5, 0.6) is 5.06 Å². The zero-order valence-electron chi connectivity index (χ0n) is 16.8. The number of hydrogen-bond acceptors (Lipinski definition) is 6. The Kier molecular flexibility index (Phi) is 7.16. The molecule has 0 bridgehead atoms. The van der Waals surface area contributed by atoms with Crippen LogP contribution >= 0.6 is 22.9 Å². The number of nitrogens with zero attached hydrogens (tertiary/aromatic N) is 2. The van der Waals surface area contributed by atoms with Gasteiger partial charge in [0.15, 0.2) is 5.06 Å². The van der Waals surface area contributed by atoms with Gasteiger partial charge in [-0.2, -0.15) is 0 Å². The van der Waals surface area contributed by atoms with Gasteiger partial charge in [-0.15, -0.1) is 11.3 Å². The SMILES string of the molecule is CCN(CC)C(=O)Oc1cc2c(s1)CCN([C@H](C(=O)OC)c1ccccc1Cl)C2. The Bertz CT molecular complexity index is 881.